The lowest BCUT2D eigenvalue weighted by Gasteiger charge is -2.35. The lowest BCUT2D eigenvalue weighted by Crippen LogP contribution is -2.53. The van der Waals surface area contributed by atoms with Crippen LogP contribution in [-0.4, -0.2) is 68.2 Å². The van der Waals surface area contributed by atoms with E-state index in [4.69, 9.17) is 0 Å². The Hall–Kier alpha value is -1.64. The number of aryl methyl sites for hydroxylation is 1. The predicted octanol–water partition coefficient (Wildman–Crippen LogP) is 1.20. The van der Waals surface area contributed by atoms with Crippen molar-refractivity contribution in [2.45, 2.75) is 13.3 Å². The van der Waals surface area contributed by atoms with Gasteiger partial charge in [0.05, 0.1) is 0 Å². The number of nitrogens with one attached hydrogen (secondary N) is 1. The van der Waals surface area contributed by atoms with E-state index in [1.54, 1.807) is 4.90 Å². The van der Waals surface area contributed by atoms with E-state index >= 15 is 0 Å². The Morgan fingerprint density at radius 2 is 1.70 bits per heavy atom. The third-order valence-electron chi connectivity index (χ3n) is 3.93. The van der Waals surface area contributed by atoms with Crippen LogP contribution in [0.5, 0.6) is 0 Å². The Morgan fingerprint density at radius 3 is 2.17 bits per heavy atom. The minimum atomic E-state index is -3.41. The summed E-state index contributed by atoms with van der Waals surface area (Å²) in [5.74, 6) is 0. The molecule has 0 aromatic heterocycles. The molecule has 1 N–H and O–H groups in total. The first-order chi connectivity index (χ1) is 10.8. The molecule has 0 unspecified atom stereocenters. The largest absolute Gasteiger partial charge is 0.322 e. The molecule has 2 rings (SSSR count). The fraction of sp³-hybridized carbons (Fsp3) is 0.533. The number of urea groups is 1. The van der Waals surface area contributed by atoms with Gasteiger partial charge >= 0.3 is 6.03 Å². The number of anilines is 1. The number of carbonyl (C=O) groups is 1. The number of carbonyl (C=O) groups excluding carboxylic acids is 1. The second-order valence-electron chi connectivity index (χ2n) is 5.66. The molecular formula is C15H24N4O3S. The molecule has 1 aromatic rings. The van der Waals surface area contributed by atoms with Crippen LogP contribution in [0.25, 0.3) is 0 Å². The highest BCUT2D eigenvalue weighted by Crippen LogP contribution is 2.13. The fourth-order valence-corrected chi connectivity index (χ4v) is 3.47. The Labute approximate surface area is 138 Å². The van der Waals surface area contributed by atoms with Crippen molar-refractivity contribution < 1.29 is 13.2 Å². The van der Waals surface area contributed by atoms with Crippen LogP contribution in [0.2, 0.25) is 0 Å². The average molecular weight is 340 g/mol. The van der Waals surface area contributed by atoms with Gasteiger partial charge in [-0.25, -0.2) is 4.79 Å². The van der Waals surface area contributed by atoms with Gasteiger partial charge in [0, 0.05) is 46.0 Å². The van der Waals surface area contributed by atoms with Gasteiger partial charge in [-0.3, -0.25) is 0 Å². The summed E-state index contributed by atoms with van der Waals surface area (Å²) in [6.45, 7) is 3.46. The van der Waals surface area contributed by atoms with Crippen molar-refractivity contribution in [3.05, 3.63) is 29.8 Å². The molecule has 1 fully saturated rings. The zero-order valence-electron chi connectivity index (χ0n) is 13.8. The van der Waals surface area contributed by atoms with Crippen molar-refractivity contribution in [3.63, 3.8) is 0 Å². The van der Waals surface area contributed by atoms with Gasteiger partial charge in [-0.2, -0.15) is 17.0 Å². The van der Waals surface area contributed by atoms with Crippen molar-refractivity contribution >= 4 is 21.9 Å². The summed E-state index contributed by atoms with van der Waals surface area (Å²) in [6, 6.07) is 7.53. The van der Waals surface area contributed by atoms with Gasteiger partial charge in [-0.15, -0.1) is 0 Å². The molecule has 1 aliphatic heterocycles. The highest BCUT2D eigenvalue weighted by atomic mass is 32.2. The minimum absolute atomic E-state index is 0.198. The zero-order chi connectivity index (χ0) is 17.0. The van der Waals surface area contributed by atoms with E-state index in [2.05, 4.69) is 12.2 Å². The summed E-state index contributed by atoms with van der Waals surface area (Å²) in [5.41, 5.74) is 1.96. The first-order valence-electron chi connectivity index (χ1n) is 7.67. The SMILES string of the molecule is CCc1ccc(NC(=O)N2CCN(S(=O)(=O)N(C)C)CC2)cc1. The van der Waals surface area contributed by atoms with Crippen LogP contribution in [0.1, 0.15) is 12.5 Å². The third kappa shape index (κ3) is 4.21. The van der Waals surface area contributed by atoms with Crippen LogP contribution in [0.15, 0.2) is 24.3 Å². The number of piperazine rings is 1. The summed E-state index contributed by atoms with van der Waals surface area (Å²) in [7, 11) is -0.391. The zero-order valence-corrected chi connectivity index (χ0v) is 14.6. The van der Waals surface area contributed by atoms with Crippen LogP contribution >= 0.6 is 0 Å². The Balaban J connectivity index is 1.90. The summed E-state index contributed by atoms with van der Waals surface area (Å²) in [5, 5.41) is 2.85. The Kier molecular flexibility index (Phi) is 5.61. The first-order valence-corrected chi connectivity index (χ1v) is 9.06. The number of amides is 2. The van der Waals surface area contributed by atoms with Crippen molar-refractivity contribution in [3.8, 4) is 0 Å². The molecule has 128 valence electrons. The van der Waals surface area contributed by atoms with E-state index in [0.717, 1.165) is 12.1 Å². The summed E-state index contributed by atoms with van der Waals surface area (Å²) in [4.78, 5) is 13.9. The van der Waals surface area contributed by atoms with Gasteiger partial charge in [-0.05, 0) is 24.1 Å². The van der Waals surface area contributed by atoms with Gasteiger partial charge < -0.3 is 10.2 Å². The molecule has 0 aliphatic carbocycles. The minimum Gasteiger partial charge on any atom is -0.322 e. The van der Waals surface area contributed by atoms with Gasteiger partial charge in [-0.1, -0.05) is 19.1 Å². The average Bonchev–Trinajstić information content (AvgIpc) is 2.55. The number of nitrogens with zero attached hydrogens (tertiary/aromatic N) is 3. The highest BCUT2D eigenvalue weighted by molar-refractivity contribution is 7.86. The molecule has 23 heavy (non-hydrogen) atoms. The molecule has 2 amide bonds. The smallest absolute Gasteiger partial charge is 0.321 e. The molecular weight excluding hydrogens is 316 g/mol. The van der Waals surface area contributed by atoms with E-state index in [-0.39, 0.29) is 6.03 Å². The predicted molar refractivity (Wildman–Crippen MR) is 90.6 cm³/mol. The van der Waals surface area contributed by atoms with E-state index < -0.39 is 10.2 Å². The molecule has 0 radical (unpaired) electrons. The summed E-state index contributed by atoms with van der Waals surface area (Å²) < 4.78 is 26.7. The van der Waals surface area contributed by atoms with E-state index in [1.165, 1.54) is 28.3 Å². The van der Waals surface area contributed by atoms with Crippen LogP contribution in [0.3, 0.4) is 0 Å². The summed E-state index contributed by atoms with van der Waals surface area (Å²) >= 11 is 0. The van der Waals surface area contributed by atoms with Gasteiger partial charge in [0.1, 0.15) is 0 Å². The molecule has 0 spiro atoms. The second kappa shape index (κ2) is 7.29. The number of hydrogen-bond donors (Lipinski definition) is 1. The van der Waals surface area contributed by atoms with Crippen molar-refractivity contribution in [1.29, 1.82) is 0 Å². The van der Waals surface area contributed by atoms with Crippen LogP contribution in [0, 0.1) is 0 Å². The number of hydrogen-bond acceptors (Lipinski definition) is 3. The normalized spacial score (nSPS) is 16.6. The Morgan fingerprint density at radius 1 is 1.13 bits per heavy atom. The maximum absolute atomic E-state index is 12.2. The molecule has 0 atom stereocenters. The Bertz CT molecular complexity index is 635. The second-order valence-corrected chi connectivity index (χ2v) is 7.80. The maximum Gasteiger partial charge on any atom is 0.321 e. The van der Waals surface area contributed by atoms with E-state index in [1.807, 2.05) is 24.3 Å². The van der Waals surface area contributed by atoms with Crippen molar-refractivity contribution in [2.24, 2.45) is 0 Å². The monoisotopic (exact) mass is 340 g/mol. The highest BCUT2D eigenvalue weighted by Gasteiger charge is 2.30. The molecule has 0 saturated carbocycles. The van der Waals surface area contributed by atoms with E-state index in [9.17, 15) is 13.2 Å². The van der Waals surface area contributed by atoms with Crippen LogP contribution < -0.4 is 5.32 Å². The fourth-order valence-electron chi connectivity index (χ4n) is 2.38. The molecule has 7 nitrogen and oxygen atoms in total. The maximum atomic E-state index is 12.2. The van der Waals surface area contributed by atoms with Crippen LogP contribution in [0.4, 0.5) is 10.5 Å². The molecule has 8 heteroatoms. The molecule has 1 aliphatic rings. The number of rotatable bonds is 4. The van der Waals surface area contributed by atoms with Crippen LogP contribution in [-0.2, 0) is 16.6 Å². The standard InChI is InChI=1S/C15H24N4O3S/c1-4-13-5-7-14(8-6-13)16-15(20)18-9-11-19(12-10-18)23(21,22)17(2)3/h5-8H,4,9-12H2,1-3H3,(H,16,20). The first kappa shape index (κ1) is 17.7. The topological polar surface area (TPSA) is 73.0 Å². The molecule has 1 aromatic carbocycles. The van der Waals surface area contributed by atoms with Crippen molar-refractivity contribution in [1.82, 2.24) is 13.5 Å². The summed E-state index contributed by atoms with van der Waals surface area (Å²) in [6.07, 6.45) is 0.955. The molecule has 1 saturated heterocycles. The molecule has 0 bridgehead atoms. The van der Waals surface area contributed by atoms with Gasteiger partial charge in [0.2, 0.25) is 0 Å². The van der Waals surface area contributed by atoms with Gasteiger partial charge in [0.25, 0.3) is 10.2 Å². The number of benzene rings is 1. The van der Waals surface area contributed by atoms with Gasteiger partial charge in [0.15, 0.2) is 0 Å². The van der Waals surface area contributed by atoms with Crippen molar-refractivity contribution in [2.75, 3.05) is 45.6 Å². The lowest BCUT2D eigenvalue weighted by molar-refractivity contribution is 0.182. The van der Waals surface area contributed by atoms with E-state index in [0.29, 0.717) is 26.2 Å². The molecule has 1 heterocycles. The quantitative estimate of drug-likeness (QED) is 0.895. The lowest BCUT2D eigenvalue weighted by atomic mass is 10.1. The third-order valence-corrected chi connectivity index (χ3v) is 5.87.